The molecule has 0 heterocycles. The topological polar surface area (TPSA) is 47.6 Å². The maximum absolute atomic E-state index is 9.47. The second-order valence-electron chi connectivity index (χ2n) is 6.42. The highest BCUT2D eigenvalue weighted by Crippen LogP contribution is 2.39. The Kier molecular flexibility index (Phi) is 2.95. The molecule has 5 rings (SSSR count). The minimum Gasteiger partial charge on any atom is -0.192 e. The van der Waals surface area contributed by atoms with Crippen molar-refractivity contribution in [3.63, 3.8) is 0 Å². The summed E-state index contributed by atoms with van der Waals surface area (Å²) < 4.78 is 0. The van der Waals surface area contributed by atoms with Crippen LogP contribution in [0.3, 0.4) is 0 Å². The molecule has 0 atom stereocenters. The molecule has 0 saturated heterocycles. The Labute approximate surface area is 150 Å². The Hall–Kier alpha value is -3.88. The van der Waals surface area contributed by atoms with Crippen LogP contribution >= 0.6 is 0 Å². The van der Waals surface area contributed by atoms with Gasteiger partial charge in [0, 0.05) is 0 Å². The van der Waals surface area contributed by atoms with Crippen molar-refractivity contribution in [2.45, 2.75) is 0 Å². The van der Waals surface area contributed by atoms with Crippen molar-refractivity contribution in [1.29, 1.82) is 10.5 Å². The first-order chi connectivity index (χ1) is 12.8. The second-order valence-corrected chi connectivity index (χ2v) is 6.42. The predicted molar refractivity (Wildman–Crippen MR) is 106 cm³/mol. The number of nitrogens with zero attached hydrogens (tertiary/aromatic N) is 2. The van der Waals surface area contributed by atoms with E-state index in [1.165, 1.54) is 21.5 Å². The Bertz CT molecular complexity index is 1450. The van der Waals surface area contributed by atoms with Gasteiger partial charge < -0.3 is 0 Å². The molecule has 0 fully saturated rings. The summed E-state index contributed by atoms with van der Waals surface area (Å²) in [7, 11) is 0. The molecule has 0 bridgehead atoms. The van der Waals surface area contributed by atoms with Crippen molar-refractivity contribution in [3.8, 4) is 12.1 Å². The number of rotatable bonds is 0. The van der Waals surface area contributed by atoms with E-state index in [0.717, 1.165) is 21.5 Å². The van der Waals surface area contributed by atoms with Crippen molar-refractivity contribution in [2.24, 2.45) is 0 Å². The fourth-order valence-corrected chi connectivity index (χ4v) is 3.95. The summed E-state index contributed by atoms with van der Waals surface area (Å²) in [5, 5.41) is 27.9. The van der Waals surface area contributed by atoms with Crippen LogP contribution in [0.15, 0.2) is 72.8 Å². The van der Waals surface area contributed by atoms with Gasteiger partial charge in [-0.25, -0.2) is 0 Å². The third-order valence-electron chi connectivity index (χ3n) is 5.10. The van der Waals surface area contributed by atoms with Crippen molar-refractivity contribution >= 4 is 43.1 Å². The maximum atomic E-state index is 9.47. The zero-order valence-corrected chi connectivity index (χ0v) is 13.8. The van der Waals surface area contributed by atoms with E-state index in [1.807, 2.05) is 30.3 Å². The van der Waals surface area contributed by atoms with Gasteiger partial charge in [-0.3, -0.25) is 0 Å². The van der Waals surface area contributed by atoms with Crippen molar-refractivity contribution in [2.75, 3.05) is 0 Å². The molecule has 2 heteroatoms. The molecule has 0 spiro atoms. The van der Waals surface area contributed by atoms with Gasteiger partial charge in [0.05, 0.1) is 11.1 Å². The number of nitriles is 2. The molecule has 2 nitrogen and oxygen atoms in total. The van der Waals surface area contributed by atoms with Crippen LogP contribution in [0.5, 0.6) is 0 Å². The highest BCUT2D eigenvalue weighted by atomic mass is 14.3. The van der Waals surface area contributed by atoms with E-state index in [-0.39, 0.29) is 0 Å². The molecule has 0 aliphatic heterocycles. The van der Waals surface area contributed by atoms with Crippen LogP contribution in [0.4, 0.5) is 0 Å². The molecule has 0 amide bonds. The molecular formula is C24H12N2. The molecule has 0 saturated carbocycles. The van der Waals surface area contributed by atoms with E-state index in [0.29, 0.717) is 11.1 Å². The lowest BCUT2D eigenvalue weighted by molar-refractivity contribution is 1.45. The Morgan fingerprint density at radius 2 is 1.04 bits per heavy atom. The van der Waals surface area contributed by atoms with E-state index in [4.69, 9.17) is 0 Å². The van der Waals surface area contributed by atoms with Crippen molar-refractivity contribution < 1.29 is 0 Å². The van der Waals surface area contributed by atoms with E-state index < -0.39 is 0 Å². The minimum absolute atomic E-state index is 0.421. The van der Waals surface area contributed by atoms with Gasteiger partial charge in [0.1, 0.15) is 12.1 Å². The third kappa shape index (κ3) is 1.85. The van der Waals surface area contributed by atoms with E-state index in [9.17, 15) is 10.5 Å². The number of hydrogen-bond acceptors (Lipinski definition) is 2. The van der Waals surface area contributed by atoms with Gasteiger partial charge in [0.25, 0.3) is 0 Å². The summed E-state index contributed by atoms with van der Waals surface area (Å²) >= 11 is 0. The largest absolute Gasteiger partial charge is 0.192 e. The molecule has 0 radical (unpaired) electrons. The normalized spacial score (nSPS) is 11.0. The fraction of sp³-hybridized carbons (Fsp3) is 0. The number of fused-ring (bicyclic) bond motifs is 8. The standard InChI is InChI=1S/C24H12N2/c25-13-16-11-22-19-7-3-4-8-20(19)24-18-6-2-1-5-15(18)9-10-21(24)23(22)12-17(16)14-26/h1-12H. The van der Waals surface area contributed by atoms with Gasteiger partial charge >= 0.3 is 0 Å². The maximum Gasteiger partial charge on any atom is 0.101 e. The monoisotopic (exact) mass is 328 g/mol. The Morgan fingerprint density at radius 3 is 1.73 bits per heavy atom. The van der Waals surface area contributed by atoms with Crippen LogP contribution in [0.1, 0.15) is 11.1 Å². The fourth-order valence-electron chi connectivity index (χ4n) is 3.95. The molecule has 26 heavy (non-hydrogen) atoms. The van der Waals surface area contributed by atoms with Gasteiger partial charge in [0.15, 0.2) is 0 Å². The second kappa shape index (κ2) is 5.31. The van der Waals surface area contributed by atoms with E-state index in [1.54, 1.807) is 0 Å². The lowest BCUT2D eigenvalue weighted by Gasteiger charge is -2.13. The molecule has 118 valence electrons. The number of benzene rings is 5. The first kappa shape index (κ1) is 14.5. The summed E-state index contributed by atoms with van der Waals surface area (Å²) in [6.45, 7) is 0. The van der Waals surface area contributed by atoms with Crippen molar-refractivity contribution in [1.82, 2.24) is 0 Å². The van der Waals surface area contributed by atoms with Crippen LogP contribution in [0.2, 0.25) is 0 Å². The lowest BCUT2D eigenvalue weighted by Crippen LogP contribution is -1.89. The van der Waals surface area contributed by atoms with Gasteiger partial charge in [-0.2, -0.15) is 10.5 Å². The highest BCUT2D eigenvalue weighted by Gasteiger charge is 2.13. The summed E-state index contributed by atoms with van der Waals surface area (Å²) in [4.78, 5) is 0. The average molecular weight is 328 g/mol. The molecule has 0 aliphatic carbocycles. The smallest absolute Gasteiger partial charge is 0.101 e. The van der Waals surface area contributed by atoms with Crippen LogP contribution in [0, 0.1) is 22.7 Å². The molecule has 5 aromatic rings. The Morgan fingerprint density at radius 1 is 0.500 bits per heavy atom. The van der Waals surface area contributed by atoms with Crippen LogP contribution in [-0.4, -0.2) is 0 Å². The SMILES string of the molecule is N#Cc1cc2c3ccccc3c3c4ccccc4ccc3c2cc1C#N. The molecule has 0 aliphatic rings. The summed E-state index contributed by atoms with van der Waals surface area (Å²) in [5.41, 5.74) is 0.843. The quantitative estimate of drug-likeness (QED) is 0.325. The first-order valence-electron chi connectivity index (χ1n) is 8.42. The van der Waals surface area contributed by atoms with Gasteiger partial charge in [0.2, 0.25) is 0 Å². The Balaban J connectivity index is 2.18. The van der Waals surface area contributed by atoms with Crippen molar-refractivity contribution in [3.05, 3.63) is 83.9 Å². The van der Waals surface area contributed by atoms with Gasteiger partial charge in [-0.05, 0) is 55.2 Å². The van der Waals surface area contributed by atoms with Crippen LogP contribution in [0.25, 0.3) is 43.1 Å². The number of hydrogen-bond donors (Lipinski definition) is 0. The molecule has 0 N–H and O–H groups in total. The summed E-state index contributed by atoms with van der Waals surface area (Å²) in [6.07, 6.45) is 0. The van der Waals surface area contributed by atoms with Crippen LogP contribution in [-0.2, 0) is 0 Å². The zero-order valence-electron chi connectivity index (χ0n) is 13.8. The summed E-state index contributed by atoms with van der Waals surface area (Å²) in [5.74, 6) is 0. The zero-order chi connectivity index (χ0) is 17.7. The van der Waals surface area contributed by atoms with Crippen LogP contribution < -0.4 is 0 Å². The summed E-state index contributed by atoms with van der Waals surface area (Å²) in [6, 6.07) is 28.9. The molecule has 0 aromatic heterocycles. The molecule has 0 unspecified atom stereocenters. The molecular weight excluding hydrogens is 316 g/mol. The average Bonchev–Trinajstić information content (AvgIpc) is 2.72. The minimum atomic E-state index is 0.421. The van der Waals surface area contributed by atoms with Gasteiger partial charge in [-0.1, -0.05) is 60.7 Å². The predicted octanol–water partition coefficient (Wildman–Crippen LogP) is 6.04. The lowest BCUT2D eigenvalue weighted by atomic mass is 9.89. The van der Waals surface area contributed by atoms with Gasteiger partial charge in [-0.15, -0.1) is 0 Å². The first-order valence-corrected chi connectivity index (χ1v) is 8.42. The highest BCUT2D eigenvalue weighted by molar-refractivity contribution is 6.31. The van der Waals surface area contributed by atoms with E-state index in [2.05, 4.69) is 54.6 Å². The third-order valence-corrected chi connectivity index (χ3v) is 5.10. The van der Waals surface area contributed by atoms with E-state index >= 15 is 0 Å². The molecule has 5 aromatic carbocycles.